The van der Waals surface area contributed by atoms with Crippen LogP contribution >= 0.6 is 15.9 Å². The van der Waals surface area contributed by atoms with Crippen LogP contribution in [0.3, 0.4) is 0 Å². The molecular weight excluding hydrogens is 320 g/mol. The Balaban J connectivity index is 2.26. The van der Waals surface area contributed by atoms with Crippen LogP contribution in [0.4, 0.5) is 0 Å². The Morgan fingerprint density at radius 1 is 0.810 bits per heavy atom. The van der Waals surface area contributed by atoms with Crippen molar-refractivity contribution in [2.45, 2.75) is 51.4 Å². The Hall–Kier alpha value is -1.08. The molecule has 0 saturated heterocycles. The predicted octanol–water partition coefficient (Wildman–Crippen LogP) is 6.47. The van der Waals surface area contributed by atoms with Gasteiger partial charge in [0.05, 0.1) is 0 Å². The van der Waals surface area contributed by atoms with E-state index in [0.717, 1.165) is 4.47 Å². The maximum absolute atomic E-state index is 3.53. The van der Waals surface area contributed by atoms with E-state index in [0.29, 0.717) is 0 Å². The zero-order chi connectivity index (χ0) is 15.3. The Morgan fingerprint density at radius 3 is 2.10 bits per heavy atom. The summed E-state index contributed by atoms with van der Waals surface area (Å²) in [6.07, 6.45) is 2.51. The highest BCUT2D eigenvalue weighted by molar-refractivity contribution is 9.10. The summed E-state index contributed by atoms with van der Waals surface area (Å²) in [6, 6.07) is 15.5. The summed E-state index contributed by atoms with van der Waals surface area (Å²) in [6.45, 7) is 9.55. The second kappa shape index (κ2) is 4.98. The zero-order valence-electron chi connectivity index (χ0n) is 13.3. The molecule has 2 aromatic carbocycles. The van der Waals surface area contributed by atoms with Crippen molar-refractivity contribution in [3.8, 4) is 11.1 Å². The molecule has 0 bridgehead atoms. The number of rotatable bonds is 1. The second-order valence-corrected chi connectivity index (χ2v) is 8.42. The summed E-state index contributed by atoms with van der Waals surface area (Å²) in [5.41, 5.74) is 6.31. The Labute approximate surface area is 136 Å². The summed E-state index contributed by atoms with van der Waals surface area (Å²) >= 11 is 3.53. The van der Waals surface area contributed by atoms with Crippen molar-refractivity contribution in [3.05, 3.63) is 58.1 Å². The van der Waals surface area contributed by atoms with Crippen LogP contribution in [-0.4, -0.2) is 0 Å². The molecule has 0 atom stereocenters. The molecule has 0 heterocycles. The van der Waals surface area contributed by atoms with Gasteiger partial charge in [-0.1, -0.05) is 74.0 Å². The van der Waals surface area contributed by atoms with Gasteiger partial charge >= 0.3 is 0 Å². The van der Waals surface area contributed by atoms with E-state index in [1.54, 1.807) is 5.56 Å². The van der Waals surface area contributed by atoms with Gasteiger partial charge in [0, 0.05) is 4.47 Å². The van der Waals surface area contributed by atoms with E-state index in [-0.39, 0.29) is 10.8 Å². The topological polar surface area (TPSA) is 0 Å². The lowest BCUT2D eigenvalue weighted by Crippen LogP contribution is -2.34. The number of hydrogen-bond donors (Lipinski definition) is 0. The van der Waals surface area contributed by atoms with E-state index in [1.807, 2.05) is 0 Å². The molecule has 0 aliphatic heterocycles. The van der Waals surface area contributed by atoms with Gasteiger partial charge in [-0.3, -0.25) is 0 Å². The van der Waals surface area contributed by atoms with Crippen LogP contribution in [0.1, 0.15) is 51.7 Å². The van der Waals surface area contributed by atoms with Crippen molar-refractivity contribution in [1.82, 2.24) is 0 Å². The van der Waals surface area contributed by atoms with Gasteiger partial charge in [0.25, 0.3) is 0 Å². The first kappa shape index (κ1) is 14.8. The molecule has 0 unspecified atom stereocenters. The Bertz CT molecular complexity index is 663. The fraction of sp³-hybridized carbons (Fsp3) is 0.400. The summed E-state index contributed by atoms with van der Waals surface area (Å²) < 4.78 is 1.13. The third-order valence-corrected chi connectivity index (χ3v) is 5.53. The Morgan fingerprint density at radius 2 is 1.43 bits per heavy atom. The highest BCUT2D eigenvalue weighted by Gasteiger charge is 2.38. The fourth-order valence-corrected chi connectivity index (χ4v) is 3.86. The summed E-state index contributed by atoms with van der Waals surface area (Å²) in [4.78, 5) is 0. The minimum atomic E-state index is 0.245. The summed E-state index contributed by atoms with van der Waals surface area (Å²) in [5.74, 6) is 0. The summed E-state index contributed by atoms with van der Waals surface area (Å²) in [7, 11) is 0. The van der Waals surface area contributed by atoms with Crippen LogP contribution in [0, 0.1) is 0 Å². The number of hydrogen-bond acceptors (Lipinski definition) is 0. The molecule has 110 valence electrons. The lowest BCUT2D eigenvalue weighted by molar-refractivity contribution is 0.333. The molecule has 0 radical (unpaired) electrons. The first-order valence-corrected chi connectivity index (χ1v) is 8.50. The van der Waals surface area contributed by atoms with Gasteiger partial charge in [-0.25, -0.2) is 0 Å². The van der Waals surface area contributed by atoms with Crippen molar-refractivity contribution in [3.63, 3.8) is 0 Å². The van der Waals surface area contributed by atoms with Gasteiger partial charge in [-0.2, -0.15) is 0 Å². The average molecular weight is 343 g/mol. The van der Waals surface area contributed by atoms with Crippen molar-refractivity contribution in [2.24, 2.45) is 0 Å². The van der Waals surface area contributed by atoms with Crippen LogP contribution < -0.4 is 0 Å². The van der Waals surface area contributed by atoms with E-state index in [2.05, 4.69) is 86.1 Å². The normalized spacial score (nSPS) is 19.1. The molecule has 1 aliphatic carbocycles. The fourth-order valence-electron chi connectivity index (χ4n) is 3.60. The molecule has 0 saturated carbocycles. The lowest BCUT2D eigenvalue weighted by Gasteiger charge is -2.43. The van der Waals surface area contributed by atoms with Gasteiger partial charge in [0.2, 0.25) is 0 Å². The van der Waals surface area contributed by atoms with Gasteiger partial charge in [-0.15, -0.1) is 0 Å². The molecule has 3 rings (SSSR count). The van der Waals surface area contributed by atoms with Crippen LogP contribution in [0.5, 0.6) is 0 Å². The molecule has 0 aromatic heterocycles. The van der Waals surface area contributed by atoms with Gasteiger partial charge < -0.3 is 0 Å². The van der Waals surface area contributed by atoms with Crippen molar-refractivity contribution < 1.29 is 0 Å². The van der Waals surface area contributed by atoms with E-state index in [4.69, 9.17) is 0 Å². The highest BCUT2D eigenvalue weighted by Crippen LogP contribution is 2.49. The molecule has 0 N–H and O–H groups in total. The first-order chi connectivity index (χ1) is 9.81. The molecule has 2 aromatic rings. The van der Waals surface area contributed by atoms with Crippen molar-refractivity contribution in [1.29, 1.82) is 0 Å². The quantitative estimate of drug-likeness (QED) is 0.557. The molecule has 21 heavy (non-hydrogen) atoms. The lowest BCUT2D eigenvalue weighted by atomic mass is 9.61. The molecule has 0 spiro atoms. The van der Waals surface area contributed by atoms with Crippen molar-refractivity contribution >= 4 is 15.9 Å². The third kappa shape index (κ3) is 2.57. The molecule has 0 fully saturated rings. The number of halogens is 1. The number of benzene rings is 2. The van der Waals surface area contributed by atoms with Gasteiger partial charge in [0.15, 0.2) is 0 Å². The SMILES string of the molecule is CC1(C)CCC(C)(C)c2c(-c3ccc(Br)cc3)cccc21. The number of fused-ring (bicyclic) bond motifs is 1. The smallest absolute Gasteiger partial charge is 0.0175 e. The van der Waals surface area contributed by atoms with E-state index < -0.39 is 0 Å². The largest absolute Gasteiger partial charge is 0.0613 e. The molecule has 0 amide bonds. The molecule has 1 aliphatic rings. The predicted molar refractivity (Wildman–Crippen MR) is 94.9 cm³/mol. The standard InChI is InChI=1S/C20H23Br/c1-19(2)12-13-20(3,4)18-16(6-5-7-17(18)19)14-8-10-15(21)11-9-14/h5-11H,12-13H2,1-4H3. The van der Waals surface area contributed by atoms with E-state index in [9.17, 15) is 0 Å². The first-order valence-electron chi connectivity index (χ1n) is 7.71. The monoisotopic (exact) mass is 342 g/mol. The minimum Gasteiger partial charge on any atom is -0.0613 e. The second-order valence-electron chi connectivity index (χ2n) is 7.50. The Kier molecular flexibility index (Phi) is 3.52. The average Bonchev–Trinajstić information content (AvgIpc) is 2.44. The molecule has 0 nitrogen and oxygen atoms in total. The maximum Gasteiger partial charge on any atom is 0.0175 e. The van der Waals surface area contributed by atoms with Crippen molar-refractivity contribution in [2.75, 3.05) is 0 Å². The third-order valence-electron chi connectivity index (χ3n) is 5.00. The molecule has 1 heteroatoms. The summed E-state index contributed by atoms with van der Waals surface area (Å²) in [5, 5.41) is 0. The minimum absolute atomic E-state index is 0.245. The van der Waals surface area contributed by atoms with Gasteiger partial charge in [0.1, 0.15) is 0 Å². The van der Waals surface area contributed by atoms with E-state index >= 15 is 0 Å². The van der Waals surface area contributed by atoms with Crippen LogP contribution in [0.15, 0.2) is 46.9 Å². The van der Waals surface area contributed by atoms with E-state index in [1.165, 1.54) is 29.5 Å². The van der Waals surface area contributed by atoms with Crippen LogP contribution in [0.2, 0.25) is 0 Å². The van der Waals surface area contributed by atoms with Crippen LogP contribution in [-0.2, 0) is 10.8 Å². The zero-order valence-corrected chi connectivity index (χ0v) is 14.9. The highest BCUT2D eigenvalue weighted by atomic mass is 79.9. The van der Waals surface area contributed by atoms with Gasteiger partial charge in [-0.05, 0) is 58.1 Å². The van der Waals surface area contributed by atoms with Crippen LogP contribution in [0.25, 0.3) is 11.1 Å². The maximum atomic E-state index is 3.53. The molecular formula is C20H23Br.